The minimum absolute atomic E-state index is 0.153. The SMILES string of the molecule is CC1CC(C)CN(C(=O)CN2C(=O)NC(C)(c3ccc4c(c3)CCC4)C2=O)C1. The molecule has 1 aromatic carbocycles. The lowest BCUT2D eigenvalue weighted by Gasteiger charge is -2.35. The molecule has 3 unspecified atom stereocenters. The van der Waals surface area contributed by atoms with Gasteiger partial charge in [-0.15, -0.1) is 0 Å². The molecule has 6 nitrogen and oxygen atoms in total. The zero-order chi connectivity index (χ0) is 20.1. The first-order valence-corrected chi connectivity index (χ1v) is 10.3. The molecule has 3 aliphatic rings. The molecule has 0 bridgehead atoms. The van der Waals surface area contributed by atoms with E-state index in [0.29, 0.717) is 24.9 Å². The maximum Gasteiger partial charge on any atom is 0.325 e. The highest BCUT2D eigenvalue weighted by Gasteiger charge is 2.50. The number of aryl methyl sites for hydroxylation is 2. The summed E-state index contributed by atoms with van der Waals surface area (Å²) in [5.74, 6) is 0.377. The minimum atomic E-state index is -1.11. The Bertz CT molecular complexity index is 826. The Hall–Kier alpha value is -2.37. The van der Waals surface area contributed by atoms with Gasteiger partial charge in [-0.3, -0.25) is 14.5 Å². The van der Waals surface area contributed by atoms with Gasteiger partial charge in [-0.1, -0.05) is 32.0 Å². The van der Waals surface area contributed by atoms with Crippen molar-refractivity contribution in [2.24, 2.45) is 11.8 Å². The third kappa shape index (κ3) is 3.19. The standard InChI is InChI=1S/C22H29N3O3/c1-14-9-15(2)12-24(11-14)19(26)13-25-20(27)22(3,23-21(25)28)18-8-7-16-5-4-6-17(16)10-18/h7-8,10,14-15H,4-6,9,11-13H2,1-3H3,(H,23,28). The third-order valence-electron chi connectivity index (χ3n) is 6.47. The second-order valence-electron chi connectivity index (χ2n) is 9.03. The molecular weight excluding hydrogens is 354 g/mol. The molecule has 4 amide bonds. The molecule has 6 heteroatoms. The number of amides is 4. The van der Waals surface area contributed by atoms with Crippen LogP contribution in [0.5, 0.6) is 0 Å². The van der Waals surface area contributed by atoms with Crippen LogP contribution in [0.1, 0.15) is 50.3 Å². The molecule has 4 rings (SSSR count). The van der Waals surface area contributed by atoms with Gasteiger partial charge in [0.1, 0.15) is 12.1 Å². The number of urea groups is 1. The first-order chi connectivity index (χ1) is 13.3. The first kappa shape index (κ1) is 19.0. The van der Waals surface area contributed by atoms with E-state index in [4.69, 9.17) is 0 Å². The summed E-state index contributed by atoms with van der Waals surface area (Å²) >= 11 is 0. The summed E-state index contributed by atoms with van der Waals surface area (Å²) in [7, 11) is 0. The van der Waals surface area contributed by atoms with E-state index in [9.17, 15) is 14.4 Å². The van der Waals surface area contributed by atoms with Gasteiger partial charge in [0.2, 0.25) is 5.91 Å². The summed E-state index contributed by atoms with van der Waals surface area (Å²) in [5, 5.41) is 2.83. The smallest absolute Gasteiger partial charge is 0.325 e. The van der Waals surface area contributed by atoms with Gasteiger partial charge in [-0.2, -0.15) is 0 Å². The number of fused-ring (bicyclic) bond motifs is 1. The summed E-state index contributed by atoms with van der Waals surface area (Å²) in [6, 6.07) is 5.55. The fourth-order valence-electron chi connectivity index (χ4n) is 5.02. The number of piperidine rings is 1. The second-order valence-corrected chi connectivity index (χ2v) is 9.03. The average Bonchev–Trinajstić information content (AvgIpc) is 3.19. The normalized spacial score (nSPS) is 29.8. The van der Waals surface area contributed by atoms with Crippen molar-refractivity contribution in [1.82, 2.24) is 15.1 Å². The van der Waals surface area contributed by atoms with Crippen molar-refractivity contribution in [2.75, 3.05) is 19.6 Å². The number of nitrogens with zero attached hydrogens (tertiary/aromatic N) is 2. The van der Waals surface area contributed by atoms with Crippen LogP contribution in [-0.4, -0.2) is 47.3 Å². The van der Waals surface area contributed by atoms with Crippen LogP contribution in [-0.2, 0) is 28.0 Å². The van der Waals surface area contributed by atoms with Gasteiger partial charge in [-0.25, -0.2) is 4.79 Å². The fraction of sp³-hybridized carbons (Fsp3) is 0.591. The van der Waals surface area contributed by atoms with Crippen molar-refractivity contribution < 1.29 is 14.4 Å². The fourth-order valence-corrected chi connectivity index (χ4v) is 5.02. The van der Waals surface area contributed by atoms with Crippen LogP contribution < -0.4 is 5.32 Å². The Balaban J connectivity index is 1.51. The van der Waals surface area contributed by atoms with Crippen LogP contribution >= 0.6 is 0 Å². The van der Waals surface area contributed by atoms with Gasteiger partial charge in [-0.05, 0) is 61.1 Å². The molecule has 2 aliphatic heterocycles. The summed E-state index contributed by atoms with van der Waals surface area (Å²) in [6.07, 6.45) is 4.31. The number of nitrogens with one attached hydrogen (secondary N) is 1. The van der Waals surface area contributed by atoms with Crippen LogP contribution in [0, 0.1) is 11.8 Å². The third-order valence-corrected chi connectivity index (χ3v) is 6.47. The summed E-state index contributed by atoms with van der Waals surface area (Å²) in [4.78, 5) is 41.4. The molecule has 2 saturated heterocycles. The summed E-state index contributed by atoms with van der Waals surface area (Å²) in [5.41, 5.74) is 2.26. The van der Waals surface area contributed by atoms with Gasteiger partial charge in [0, 0.05) is 13.1 Å². The Morgan fingerprint density at radius 1 is 1.14 bits per heavy atom. The molecule has 2 heterocycles. The Morgan fingerprint density at radius 2 is 1.82 bits per heavy atom. The number of carbonyl (C=O) groups is 3. The van der Waals surface area contributed by atoms with E-state index in [2.05, 4.69) is 25.2 Å². The van der Waals surface area contributed by atoms with E-state index in [1.165, 1.54) is 11.1 Å². The van der Waals surface area contributed by atoms with Gasteiger partial charge < -0.3 is 10.2 Å². The number of carbonyl (C=O) groups excluding carboxylic acids is 3. The molecular formula is C22H29N3O3. The number of hydrogen-bond acceptors (Lipinski definition) is 3. The molecule has 1 N–H and O–H groups in total. The second kappa shape index (κ2) is 6.90. The Morgan fingerprint density at radius 3 is 2.54 bits per heavy atom. The van der Waals surface area contributed by atoms with Gasteiger partial charge in [0.25, 0.3) is 5.91 Å². The minimum Gasteiger partial charge on any atom is -0.341 e. The number of likely N-dealkylation sites (tertiary alicyclic amines) is 1. The monoisotopic (exact) mass is 383 g/mol. The molecule has 150 valence electrons. The van der Waals surface area contributed by atoms with E-state index >= 15 is 0 Å². The molecule has 28 heavy (non-hydrogen) atoms. The van der Waals surface area contributed by atoms with Crippen molar-refractivity contribution in [3.8, 4) is 0 Å². The first-order valence-electron chi connectivity index (χ1n) is 10.3. The molecule has 0 radical (unpaired) electrons. The van der Waals surface area contributed by atoms with Crippen LogP contribution in [0.25, 0.3) is 0 Å². The Kier molecular flexibility index (Phi) is 4.68. The predicted molar refractivity (Wildman–Crippen MR) is 106 cm³/mol. The van der Waals surface area contributed by atoms with Gasteiger partial charge >= 0.3 is 6.03 Å². The lowest BCUT2D eigenvalue weighted by molar-refractivity contribution is -0.140. The van der Waals surface area contributed by atoms with Gasteiger partial charge in [0.05, 0.1) is 0 Å². The highest BCUT2D eigenvalue weighted by atomic mass is 16.2. The number of rotatable bonds is 3. The number of imide groups is 1. The van der Waals surface area contributed by atoms with E-state index < -0.39 is 11.6 Å². The molecule has 0 saturated carbocycles. The Labute approximate surface area is 166 Å². The van der Waals surface area contributed by atoms with Crippen LogP contribution in [0.2, 0.25) is 0 Å². The molecule has 0 aromatic heterocycles. The lowest BCUT2D eigenvalue weighted by atomic mass is 9.89. The molecule has 2 fully saturated rings. The average molecular weight is 383 g/mol. The lowest BCUT2D eigenvalue weighted by Crippen LogP contribution is -2.48. The van der Waals surface area contributed by atoms with Crippen molar-refractivity contribution in [2.45, 2.75) is 52.0 Å². The quantitative estimate of drug-likeness (QED) is 0.815. The van der Waals surface area contributed by atoms with E-state index in [0.717, 1.165) is 36.1 Å². The summed E-state index contributed by atoms with van der Waals surface area (Å²) in [6.45, 7) is 7.19. The van der Waals surface area contributed by atoms with Crippen molar-refractivity contribution in [3.05, 3.63) is 34.9 Å². The highest BCUT2D eigenvalue weighted by Crippen LogP contribution is 2.32. The maximum atomic E-state index is 13.2. The molecule has 1 aromatic rings. The van der Waals surface area contributed by atoms with Gasteiger partial charge in [0.15, 0.2) is 0 Å². The van der Waals surface area contributed by atoms with E-state index in [-0.39, 0.29) is 18.4 Å². The number of benzene rings is 1. The van der Waals surface area contributed by atoms with Crippen LogP contribution in [0.3, 0.4) is 0 Å². The topological polar surface area (TPSA) is 69.7 Å². The van der Waals surface area contributed by atoms with Crippen LogP contribution in [0.15, 0.2) is 18.2 Å². The number of hydrogen-bond donors (Lipinski definition) is 1. The largest absolute Gasteiger partial charge is 0.341 e. The van der Waals surface area contributed by atoms with Crippen molar-refractivity contribution in [1.29, 1.82) is 0 Å². The maximum absolute atomic E-state index is 13.2. The van der Waals surface area contributed by atoms with Crippen molar-refractivity contribution in [3.63, 3.8) is 0 Å². The van der Waals surface area contributed by atoms with E-state index in [1.807, 2.05) is 12.1 Å². The van der Waals surface area contributed by atoms with Crippen molar-refractivity contribution >= 4 is 17.8 Å². The summed E-state index contributed by atoms with van der Waals surface area (Å²) < 4.78 is 0. The molecule has 1 aliphatic carbocycles. The van der Waals surface area contributed by atoms with E-state index in [1.54, 1.807) is 11.8 Å². The van der Waals surface area contributed by atoms with Crippen LogP contribution in [0.4, 0.5) is 4.79 Å². The highest BCUT2D eigenvalue weighted by molar-refractivity contribution is 6.09. The predicted octanol–water partition coefficient (Wildman–Crippen LogP) is 2.45. The molecule has 0 spiro atoms. The zero-order valence-electron chi connectivity index (χ0n) is 17.0. The zero-order valence-corrected chi connectivity index (χ0v) is 17.0. The molecule has 3 atom stereocenters.